The summed E-state index contributed by atoms with van der Waals surface area (Å²) >= 11 is 0. The fourth-order valence-corrected chi connectivity index (χ4v) is 0.637. The predicted octanol–water partition coefficient (Wildman–Crippen LogP) is 1.99. The van der Waals surface area contributed by atoms with Crippen molar-refractivity contribution in [1.82, 2.24) is 0 Å². The Balaban J connectivity index is 3.21. The predicted molar refractivity (Wildman–Crippen MR) is 31.7 cm³/mol. The van der Waals surface area contributed by atoms with Crippen LogP contribution in [0.4, 0.5) is 13.2 Å². The summed E-state index contributed by atoms with van der Waals surface area (Å²) in [6.07, 6.45) is 0. The van der Waals surface area contributed by atoms with E-state index in [1.165, 1.54) is 0 Å². The molecule has 1 nitrogen and oxygen atoms in total. The summed E-state index contributed by atoms with van der Waals surface area (Å²) in [4.78, 5) is 0. The molecule has 0 saturated heterocycles. The quantitative estimate of drug-likeness (QED) is 0.624. The van der Waals surface area contributed by atoms with Crippen LogP contribution in [-0.4, -0.2) is 5.11 Å². The molecular weight excluding hydrogens is 157 g/mol. The minimum atomic E-state index is -1.27. The van der Waals surface area contributed by atoms with Gasteiger partial charge in [-0.25, -0.2) is 13.2 Å². The SMILES string of the molecule is O[CH]c1cc(F)c(F)cc1F. The Morgan fingerprint density at radius 1 is 1.00 bits per heavy atom. The normalized spacial score (nSPS) is 10.2. The molecule has 0 spiro atoms. The molecule has 1 aromatic rings. The van der Waals surface area contributed by atoms with Crippen molar-refractivity contribution >= 4 is 0 Å². The molecule has 0 amide bonds. The summed E-state index contributed by atoms with van der Waals surface area (Å²) in [5, 5.41) is 8.28. The van der Waals surface area contributed by atoms with Crippen molar-refractivity contribution in [2.75, 3.05) is 0 Å². The first-order valence-corrected chi connectivity index (χ1v) is 2.77. The first kappa shape index (κ1) is 8.07. The molecule has 1 N–H and O–H groups in total. The van der Waals surface area contributed by atoms with E-state index >= 15 is 0 Å². The highest BCUT2D eigenvalue weighted by molar-refractivity contribution is 5.23. The summed E-state index contributed by atoms with van der Waals surface area (Å²) in [5.74, 6) is -3.45. The van der Waals surface area contributed by atoms with Gasteiger partial charge < -0.3 is 5.11 Å². The van der Waals surface area contributed by atoms with Crippen molar-refractivity contribution in [1.29, 1.82) is 0 Å². The fourth-order valence-electron chi connectivity index (χ4n) is 0.637. The van der Waals surface area contributed by atoms with Gasteiger partial charge >= 0.3 is 0 Å². The zero-order valence-corrected chi connectivity index (χ0v) is 5.31. The molecule has 0 saturated carbocycles. The summed E-state index contributed by atoms with van der Waals surface area (Å²) in [5.41, 5.74) is -0.371. The van der Waals surface area contributed by atoms with Gasteiger partial charge in [-0.2, -0.15) is 0 Å². The number of aliphatic hydroxyl groups is 1. The minimum Gasteiger partial charge on any atom is -0.385 e. The molecule has 0 fully saturated rings. The van der Waals surface area contributed by atoms with Crippen LogP contribution in [0.2, 0.25) is 0 Å². The molecule has 1 aromatic carbocycles. The van der Waals surface area contributed by atoms with Gasteiger partial charge in [-0.15, -0.1) is 0 Å². The topological polar surface area (TPSA) is 20.2 Å². The molecule has 1 rings (SSSR count). The van der Waals surface area contributed by atoms with Gasteiger partial charge in [-0.05, 0) is 6.07 Å². The zero-order chi connectivity index (χ0) is 8.43. The molecule has 4 heteroatoms. The second-order valence-corrected chi connectivity index (χ2v) is 1.92. The van der Waals surface area contributed by atoms with Gasteiger partial charge in [0.05, 0.1) is 0 Å². The lowest BCUT2D eigenvalue weighted by Crippen LogP contribution is -1.92. The van der Waals surface area contributed by atoms with Crippen LogP contribution in [0.15, 0.2) is 12.1 Å². The van der Waals surface area contributed by atoms with Gasteiger partial charge in [-0.3, -0.25) is 0 Å². The first-order chi connectivity index (χ1) is 5.15. The van der Waals surface area contributed by atoms with Crippen molar-refractivity contribution in [2.24, 2.45) is 0 Å². The summed E-state index contributed by atoms with van der Waals surface area (Å²) in [7, 11) is 0. The smallest absolute Gasteiger partial charge is 0.161 e. The van der Waals surface area contributed by atoms with Gasteiger partial charge in [0.15, 0.2) is 11.6 Å². The van der Waals surface area contributed by atoms with Gasteiger partial charge in [0, 0.05) is 11.6 Å². The van der Waals surface area contributed by atoms with Crippen LogP contribution in [0.5, 0.6) is 0 Å². The number of hydrogen-bond donors (Lipinski definition) is 1. The number of benzene rings is 1. The number of rotatable bonds is 1. The minimum absolute atomic E-state index is 0.371. The highest BCUT2D eigenvalue weighted by Gasteiger charge is 2.08. The highest BCUT2D eigenvalue weighted by atomic mass is 19.2. The largest absolute Gasteiger partial charge is 0.385 e. The van der Waals surface area contributed by atoms with Crippen LogP contribution in [0, 0.1) is 24.1 Å². The van der Waals surface area contributed by atoms with E-state index in [0.717, 1.165) is 0 Å². The average Bonchev–Trinajstić information content (AvgIpc) is 1.97. The molecule has 0 bridgehead atoms. The molecule has 0 heterocycles. The molecule has 0 unspecified atom stereocenters. The molecule has 0 aromatic heterocycles. The van der Waals surface area contributed by atoms with E-state index in [-0.39, 0.29) is 5.56 Å². The first-order valence-electron chi connectivity index (χ1n) is 2.77. The highest BCUT2D eigenvalue weighted by Crippen LogP contribution is 2.13. The maximum Gasteiger partial charge on any atom is 0.161 e. The molecule has 0 aliphatic carbocycles. The monoisotopic (exact) mass is 161 g/mol. The fraction of sp³-hybridized carbons (Fsp3) is 0. The molecule has 1 radical (unpaired) electrons. The number of halogens is 3. The van der Waals surface area contributed by atoms with E-state index in [1.54, 1.807) is 0 Å². The van der Waals surface area contributed by atoms with Crippen LogP contribution < -0.4 is 0 Å². The van der Waals surface area contributed by atoms with Gasteiger partial charge in [-0.1, -0.05) is 0 Å². The number of aliphatic hydroxyl groups excluding tert-OH is 1. The summed E-state index contributed by atoms with van der Waals surface area (Å²) in [6, 6.07) is 0.946. The van der Waals surface area contributed by atoms with Gasteiger partial charge in [0.1, 0.15) is 12.4 Å². The lowest BCUT2D eigenvalue weighted by Gasteiger charge is -1.98. The summed E-state index contributed by atoms with van der Waals surface area (Å²) < 4.78 is 36.9. The Bertz CT molecular complexity index is 273. The second-order valence-electron chi connectivity index (χ2n) is 1.92. The van der Waals surface area contributed by atoms with E-state index in [9.17, 15) is 13.2 Å². The van der Waals surface area contributed by atoms with E-state index < -0.39 is 17.5 Å². The Morgan fingerprint density at radius 2 is 1.55 bits per heavy atom. The third kappa shape index (κ3) is 1.51. The van der Waals surface area contributed by atoms with Crippen molar-refractivity contribution in [3.05, 3.63) is 41.8 Å². The average molecular weight is 161 g/mol. The number of hydrogen-bond acceptors (Lipinski definition) is 1. The molecular formula is C7H4F3O. The molecule has 0 atom stereocenters. The van der Waals surface area contributed by atoms with E-state index in [0.29, 0.717) is 18.7 Å². The van der Waals surface area contributed by atoms with Crippen LogP contribution >= 0.6 is 0 Å². The Morgan fingerprint density at radius 3 is 2.09 bits per heavy atom. The third-order valence-corrected chi connectivity index (χ3v) is 1.18. The van der Waals surface area contributed by atoms with E-state index in [2.05, 4.69) is 0 Å². The molecule has 11 heavy (non-hydrogen) atoms. The Kier molecular flexibility index (Phi) is 2.14. The zero-order valence-electron chi connectivity index (χ0n) is 5.31. The summed E-state index contributed by atoms with van der Waals surface area (Å²) in [6.45, 7) is 0.373. The lowest BCUT2D eigenvalue weighted by atomic mass is 10.2. The van der Waals surface area contributed by atoms with Crippen LogP contribution in [0.1, 0.15) is 5.56 Å². The molecule has 59 valence electrons. The Hall–Kier alpha value is -1.03. The van der Waals surface area contributed by atoms with Gasteiger partial charge in [0.2, 0.25) is 0 Å². The van der Waals surface area contributed by atoms with E-state index in [4.69, 9.17) is 5.11 Å². The van der Waals surface area contributed by atoms with Crippen molar-refractivity contribution in [2.45, 2.75) is 0 Å². The van der Waals surface area contributed by atoms with Crippen molar-refractivity contribution in [3.63, 3.8) is 0 Å². The van der Waals surface area contributed by atoms with Gasteiger partial charge in [0.25, 0.3) is 0 Å². The molecule has 0 aliphatic heterocycles. The van der Waals surface area contributed by atoms with Crippen LogP contribution in [0.25, 0.3) is 0 Å². The second kappa shape index (κ2) is 2.92. The van der Waals surface area contributed by atoms with Crippen LogP contribution in [-0.2, 0) is 0 Å². The van der Waals surface area contributed by atoms with Crippen molar-refractivity contribution in [3.8, 4) is 0 Å². The van der Waals surface area contributed by atoms with Crippen molar-refractivity contribution < 1.29 is 18.3 Å². The maximum absolute atomic E-state index is 12.4. The Labute approximate surface area is 61.1 Å². The van der Waals surface area contributed by atoms with E-state index in [1.807, 2.05) is 0 Å². The molecule has 0 aliphatic rings. The third-order valence-electron chi connectivity index (χ3n) is 1.18. The standard InChI is InChI=1S/C7H4F3O/c8-5-2-7(10)6(9)1-4(5)3-11/h1-3,11H. The van der Waals surface area contributed by atoms with Crippen LogP contribution in [0.3, 0.4) is 0 Å². The lowest BCUT2D eigenvalue weighted by molar-refractivity contribution is 0.403. The maximum atomic E-state index is 12.4.